The Labute approximate surface area is 193 Å². The van der Waals surface area contributed by atoms with Crippen LogP contribution in [0.1, 0.15) is 26.3 Å². The van der Waals surface area contributed by atoms with Gasteiger partial charge < -0.3 is 19.9 Å². The van der Waals surface area contributed by atoms with E-state index in [1.807, 2.05) is 0 Å². The lowest BCUT2D eigenvalue weighted by Crippen LogP contribution is -2.21. The smallest absolute Gasteiger partial charge is 0.273 e. The lowest BCUT2D eigenvalue weighted by molar-refractivity contribution is 0.0956. The number of nitrogens with zero attached hydrogens (tertiary/aromatic N) is 1. The molecule has 0 aliphatic carbocycles. The summed E-state index contributed by atoms with van der Waals surface area (Å²) in [7, 11) is 2.99. The first-order chi connectivity index (χ1) is 15.4. The molecule has 3 rings (SSSR count). The van der Waals surface area contributed by atoms with Crippen molar-refractivity contribution in [3.05, 3.63) is 81.8 Å². The highest BCUT2D eigenvalue weighted by atomic mass is 79.9. The maximum absolute atomic E-state index is 12.8. The van der Waals surface area contributed by atoms with Gasteiger partial charge in [0, 0.05) is 10.0 Å². The second kappa shape index (κ2) is 10.5. The Balaban J connectivity index is 1.78. The van der Waals surface area contributed by atoms with E-state index in [1.54, 1.807) is 48.5 Å². The summed E-state index contributed by atoms with van der Waals surface area (Å²) in [6, 6.07) is 16.1. The van der Waals surface area contributed by atoms with E-state index in [0.29, 0.717) is 32.8 Å². The first-order valence-corrected chi connectivity index (χ1v) is 10.2. The van der Waals surface area contributed by atoms with Gasteiger partial charge in [-0.05, 0) is 54.1 Å². The number of aromatic hydroxyl groups is 1. The van der Waals surface area contributed by atoms with Crippen molar-refractivity contribution in [2.45, 2.75) is 0 Å². The van der Waals surface area contributed by atoms with E-state index in [0.717, 1.165) is 0 Å². The van der Waals surface area contributed by atoms with Crippen LogP contribution in [0.2, 0.25) is 0 Å². The summed E-state index contributed by atoms with van der Waals surface area (Å²) in [5.41, 5.74) is 3.88. The first-order valence-electron chi connectivity index (χ1n) is 9.36. The molecule has 9 heteroatoms. The molecule has 3 N–H and O–H groups in total. The molecule has 0 aliphatic rings. The van der Waals surface area contributed by atoms with Crippen LogP contribution in [0, 0.1) is 0 Å². The van der Waals surface area contributed by atoms with Crippen LogP contribution in [0.3, 0.4) is 0 Å². The number of benzene rings is 3. The Hall–Kier alpha value is -3.85. The van der Waals surface area contributed by atoms with Crippen molar-refractivity contribution >= 4 is 39.6 Å². The van der Waals surface area contributed by atoms with Gasteiger partial charge in [-0.2, -0.15) is 5.10 Å². The molecule has 0 saturated heterocycles. The number of anilines is 1. The van der Waals surface area contributed by atoms with E-state index >= 15 is 0 Å². The second-order valence-electron chi connectivity index (χ2n) is 6.51. The van der Waals surface area contributed by atoms with Gasteiger partial charge in [0.1, 0.15) is 5.75 Å². The second-order valence-corrected chi connectivity index (χ2v) is 7.42. The molecule has 0 heterocycles. The number of methoxy groups -OCH3 is 2. The van der Waals surface area contributed by atoms with Crippen LogP contribution in [0.4, 0.5) is 5.69 Å². The summed E-state index contributed by atoms with van der Waals surface area (Å²) in [5, 5.41) is 16.1. The van der Waals surface area contributed by atoms with Crippen molar-refractivity contribution in [3.8, 4) is 17.2 Å². The molecule has 0 atom stereocenters. The Morgan fingerprint density at radius 3 is 2.47 bits per heavy atom. The molecule has 2 amide bonds. The number of hydrazone groups is 1. The van der Waals surface area contributed by atoms with Crippen molar-refractivity contribution in [2.24, 2.45) is 5.10 Å². The van der Waals surface area contributed by atoms with E-state index < -0.39 is 11.8 Å². The van der Waals surface area contributed by atoms with Gasteiger partial charge in [-0.15, -0.1) is 0 Å². The van der Waals surface area contributed by atoms with Gasteiger partial charge in [0.15, 0.2) is 11.5 Å². The number of amides is 2. The van der Waals surface area contributed by atoms with Crippen molar-refractivity contribution in [1.82, 2.24) is 5.43 Å². The highest BCUT2D eigenvalue weighted by Gasteiger charge is 2.16. The number of halogens is 1. The molecular formula is C23H20BrN3O5. The van der Waals surface area contributed by atoms with Crippen LogP contribution in [0.5, 0.6) is 17.2 Å². The van der Waals surface area contributed by atoms with Gasteiger partial charge in [0.2, 0.25) is 0 Å². The number of phenolic OH excluding ortho intramolecular Hbond substituents is 1. The van der Waals surface area contributed by atoms with E-state index in [4.69, 9.17) is 9.47 Å². The Kier molecular flexibility index (Phi) is 7.45. The minimum Gasteiger partial charge on any atom is -0.508 e. The maximum Gasteiger partial charge on any atom is 0.273 e. The molecular weight excluding hydrogens is 478 g/mol. The average Bonchev–Trinajstić information content (AvgIpc) is 2.79. The van der Waals surface area contributed by atoms with E-state index in [2.05, 4.69) is 31.8 Å². The van der Waals surface area contributed by atoms with Crippen molar-refractivity contribution < 1.29 is 24.2 Å². The van der Waals surface area contributed by atoms with Crippen LogP contribution in [-0.4, -0.2) is 37.4 Å². The number of hydrogen-bond acceptors (Lipinski definition) is 6. The third-order valence-electron chi connectivity index (χ3n) is 4.37. The van der Waals surface area contributed by atoms with Crippen LogP contribution >= 0.6 is 15.9 Å². The fourth-order valence-electron chi connectivity index (χ4n) is 2.82. The zero-order valence-electron chi connectivity index (χ0n) is 17.3. The summed E-state index contributed by atoms with van der Waals surface area (Å²) >= 11 is 3.33. The Morgan fingerprint density at radius 2 is 1.75 bits per heavy atom. The maximum atomic E-state index is 12.8. The summed E-state index contributed by atoms with van der Waals surface area (Å²) in [6.07, 6.45) is 1.40. The number of carbonyl (C=O) groups excluding carboxylic acids is 2. The van der Waals surface area contributed by atoms with Crippen molar-refractivity contribution in [3.63, 3.8) is 0 Å². The molecule has 3 aromatic carbocycles. The SMILES string of the molecule is COc1ccc(C(=O)Nc2ccc(Br)cc2C(=O)N/N=C/c2cccc(O)c2)cc1OC. The predicted octanol–water partition coefficient (Wildman–Crippen LogP) is 4.19. The standard InChI is InChI=1S/C23H20BrN3O5/c1-31-20-9-6-15(11-21(20)32-2)22(29)26-19-8-7-16(24)12-18(19)23(30)27-25-13-14-4-3-5-17(28)10-14/h3-13,28H,1-2H3,(H,26,29)(H,27,30)/b25-13+. The van der Waals surface area contributed by atoms with Crippen LogP contribution in [0.25, 0.3) is 0 Å². The van der Waals surface area contributed by atoms with E-state index in [-0.39, 0.29) is 11.3 Å². The molecule has 0 aliphatic heterocycles. The minimum atomic E-state index is -0.523. The largest absolute Gasteiger partial charge is 0.508 e. The van der Waals surface area contributed by atoms with E-state index in [1.165, 1.54) is 32.6 Å². The summed E-state index contributed by atoms with van der Waals surface area (Å²) in [6.45, 7) is 0. The van der Waals surface area contributed by atoms with Gasteiger partial charge >= 0.3 is 0 Å². The number of hydrogen-bond donors (Lipinski definition) is 3. The summed E-state index contributed by atoms with van der Waals surface area (Å²) in [5.74, 6) is 0.0518. The molecule has 3 aromatic rings. The number of ether oxygens (including phenoxy) is 2. The molecule has 164 valence electrons. The Bertz CT molecular complexity index is 1180. The van der Waals surface area contributed by atoms with Gasteiger partial charge in [-0.1, -0.05) is 28.1 Å². The van der Waals surface area contributed by atoms with Gasteiger partial charge in [0.25, 0.3) is 11.8 Å². The highest BCUT2D eigenvalue weighted by Crippen LogP contribution is 2.28. The minimum absolute atomic E-state index is 0.0902. The first kappa shape index (κ1) is 22.8. The van der Waals surface area contributed by atoms with Gasteiger partial charge in [0.05, 0.1) is 31.7 Å². The van der Waals surface area contributed by atoms with Crippen molar-refractivity contribution in [1.29, 1.82) is 0 Å². The molecule has 0 unspecified atom stereocenters. The van der Waals surface area contributed by atoms with Gasteiger partial charge in [-0.3, -0.25) is 9.59 Å². The summed E-state index contributed by atoms with van der Waals surface area (Å²) < 4.78 is 11.1. The van der Waals surface area contributed by atoms with E-state index in [9.17, 15) is 14.7 Å². The normalized spacial score (nSPS) is 10.6. The monoisotopic (exact) mass is 497 g/mol. The molecule has 0 saturated carbocycles. The molecule has 8 nitrogen and oxygen atoms in total. The predicted molar refractivity (Wildman–Crippen MR) is 125 cm³/mol. The molecule has 0 fully saturated rings. The molecule has 0 bridgehead atoms. The van der Waals surface area contributed by atoms with Crippen molar-refractivity contribution in [2.75, 3.05) is 19.5 Å². The number of carbonyl (C=O) groups is 2. The lowest BCUT2D eigenvalue weighted by atomic mass is 10.1. The third-order valence-corrected chi connectivity index (χ3v) is 4.86. The van der Waals surface area contributed by atoms with Crippen LogP contribution < -0.4 is 20.2 Å². The third kappa shape index (κ3) is 5.64. The summed E-state index contributed by atoms with van der Waals surface area (Å²) in [4.78, 5) is 25.5. The lowest BCUT2D eigenvalue weighted by Gasteiger charge is -2.12. The zero-order chi connectivity index (χ0) is 23.1. The van der Waals surface area contributed by atoms with Crippen LogP contribution in [-0.2, 0) is 0 Å². The topological polar surface area (TPSA) is 109 Å². The average molecular weight is 498 g/mol. The Morgan fingerprint density at radius 1 is 0.969 bits per heavy atom. The van der Waals surface area contributed by atoms with Crippen LogP contribution in [0.15, 0.2) is 70.2 Å². The highest BCUT2D eigenvalue weighted by molar-refractivity contribution is 9.10. The molecule has 0 aromatic heterocycles. The number of phenols is 1. The fraction of sp³-hybridized carbons (Fsp3) is 0.0870. The fourth-order valence-corrected chi connectivity index (χ4v) is 3.18. The zero-order valence-corrected chi connectivity index (χ0v) is 18.8. The molecule has 0 spiro atoms. The van der Waals surface area contributed by atoms with Gasteiger partial charge in [-0.25, -0.2) is 5.43 Å². The quantitative estimate of drug-likeness (QED) is 0.335. The molecule has 32 heavy (non-hydrogen) atoms. The number of rotatable bonds is 7. The number of nitrogens with one attached hydrogen (secondary N) is 2. The molecule has 0 radical (unpaired) electrons.